The number of amides is 1. The van der Waals surface area contributed by atoms with Crippen LogP contribution in [0.4, 0.5) is 0 Å². The molecule has 0 aromatic heterocycles. The Hall–Kier alpha value is -2.31. The third-order valence-electron chi connectivity index (χ3n) is 13.5. The molecule has 0 aromatic carbocycles. The summed E-state index contributed by atoms with van der Waals surface area (Å²) in [6, 6.07) is -0.861. The molecule has 14 heteroatoms. The first-order valence-electron chi connectivity index (χ1n) is 28.0. The summed E-state index contributed by atoms with van der Waals surface area (Å²) in [6.07, 6.45) is 36.5. The van der Waals surface area contributed by atoms with E-state index in [1.54, 1.807) is 0 Å². The Morgan fingerprint density at radius 2 is 0.958 bits per heavy atom. The second-order valence-electron chi connectivity index (χ2n) is 19.7. The Morgan fingerprint density at radius 3 is 1.44 bits per heavy atom. The smallest absolute Gasteiger partial charge is 0.220 e. The first-order chi connectivity index (χ1) is 34.6. The molecular weight excluding hydrogens is 907 g/mol. The predicted octanol–water partition coefficient (Wildman–Crippen LogP) is 8.61. The molecule has 2 rings (SSSR count). The van der Waals surface area contributed by atoms with Gasteiger partial charge in [0.2, 0.25) is 5.91 Å². The number of aliphatic hydroxyl groups excluding tert-OH is 8. The van der Waals surface area contributed by atoms with E-state index in [9.17, 15) is 45.6 Å². The zero-order valence-electron chi connectivity index (χ0n) is 43.9. The third kappa shape index (κ3) is 29.4. The molecule has 2 saturated heterocycles. The predicted molar refractivity (Wildman–Crippen MR) is 281 cm³/mol. The number of carbonyl (C=O) groups excluding carboxylic acids is 1. The number of hydrogen-bond donors (Lipinski definition) is 9. The molecule has 412 valence electrons. The number of unbranched alkanes of at least 4 members (excludes halogenated alkanes) is 20. The minimum Gasteiger partial charge on any atom is -0.394 e. The molecule has 0 radical (unpaired) electrons. The van der Waals surface area contributed by atoms with Gasteiger partial charge >= 0.3 is 0 Å². The van der Waals surface area contributed by atoms with E-state index in [0.717, 1.165) is 57.8 Å². The van der Waals surface area contributed by atoms with Crippen molar-refractivity contribution in [2.45, 2.75) is 274 Å². The molecule has 12 atom stereocenters. The summed E-state index contributed by atoms with van der Waals surface area (Å²) < 4.78 is 22.8. The van der Waals surface area contributed by atoms with E-state index in [1.807, 2.05) is 0 Å². The summed E-state index contributed by atoms with van der Waals surface area (Å²) in [6.45, 7) is 2.71. The van der Waals surface area contributed by atoms with E-state index >= 15 is 0 Å². The van der Waals surface area contributed by atoms with Gasteiger partial charge in [-0.2, -0.15) is 0 Å². The first-order valence-corrected chi connectivity index (χ1v) is 28.0. The van der Waals surface area contributed by atoms with Crippen molar-refractivity contribution in [3.05, 3.63) is 60.8 Å². The summed E-state index contributed by atoms with van der Waals surface area (Å²) >= 11 is 0. The van der Waals surface area contributed by atoms with Gasteiger partial charge in [0.25, 0.3) is 0 Å². The number of aliphatic hydroxyl groups is 8. The van der Waals surface area contributed by atoms with E-state index in [0.29, 0.717) is 19.3 Å². The summed E-state index contributed by atoms with van der Waals surface area (Å²) in [7, 11) is 0. The van der Waals surface area contributed by atoms with Crippen molar-refractivity contribution in [2.75, 3.05) is 19.8 Å². The second-order valence-corrected chi connectivity index (χ2v) is 19.7. The van der Waals surface area contributed by atoms with E-state index in [2.05, 4.69) is 79.9 Å². The molecule has 1 amide bonds. The van der Waals surface area contributed by atoms with Crippen molar-refractivity contribution in [3.63, 3.8) is 0 Å². The fraction of sp³-hybridized carbons (Fsp3) is 0.807. The number of allylic oxidation sites excluding steroid dienone is 10. The van der Waals surface area contributed by atoms with Gasteiger partial charge in [0.1, 0.15) is 48.8 Å². The topological polar surface area (TPSA) is 228 Å². The van der Waals surface area contributed by atoms with E-state index < -0.39 is 86.8 Å². The first kappa shape index (κ1) is 64.8. The molecular formula is C57H101NO13. The summed E-state index contributed by atoms with van der Waals surface area (Å²) in [5.74, 6) is -0.264. The number of rotatable bonds is 43. The lowest BCUT2D eigenvalue weighted by atomic mass is 9.97. The van der Waals surface area contributed by atoms with Crippen LogP contribution >= 0.6 is 0 Å². The zero-order chi connectivity index (χ0) is 51.7. The molecule has 9 N–H and O–H groups in total. The van der Waals surface area contributed by atoms with Crippen LogP contribution < -0.4 is 5.32 Å². The molecule has 0 spiro atoms. The molecule has 14 nitrogen and oxygen atoms in total. The van der Waals surface area contributed by atoms with Crippen molar-refractivity contribution in [3.8, 4) is 0 Å². The molecule has 0 saturated carbocycles. The van der Waals surface area contributed by atoms with Crippen LogP contribution in [0.2, 0.25) is 0 Å². The maximum absolute atomic E-state index is 13.2. The third-order valence-corrected chi connectivity index (χ3v) is 13.5. The van der Waals surface area contributed by atoms with Crippen LogP contribution in [-0.2, 0) is 23.7 Å². The fourth-order valence-corrected chi connectivity index (χ4v) is 8.98. The van der Waals surface area contributed by atoms with Crippen LogP contribution in [-0.4, -0.2) is 140 Å². The van der Waals surface area contributed by atoms with Crippen molar-refractivity contribution in [2.24, 2.45) is 0 Å². The summed E-state index contributed by atoms with van der Waals surface area (Å²) in [4.78, 5) is 13.2. The van der Waals surface area contributed by atoms with Crippen LogP contribution in [0.5, 0.6) is 0 Å². The van der Waals surface area contributed by atoms with Crippen molar-refractivity contribution in [1.29, 1.82) is 0 Å². The molecule has 0 aromatic rings. The molecule has 2 aliphatic heterocycles. The molecule has 71 heavy (non-hydrogen) atoms. The normalized spacial score (nSPS) is 26.2. The van der Waals surface area contributed by atoms with Crippen LogP contribution in [0.15, 0.2) is 60.8 Å². The molecule has 0 aliphatic carbocycles. The zero-order valence-corrected chi connectivity index (χ0v) is 43.9. The molecule has 2 fully saturated rings. The average molecular weight is 1010 g/mol. The van der Waals surface area contributed by atoms with E-state index in [-0.39, 0.29) is 18.9 Å². The van der Waals surface area contributed by atoms with Gasteiger partial charge in [-0.25, -0.2) is 0 Å². The molecule has 0 bridgehead atoms. The number of hydrogen-bond acceptors (Lipinski definition) is 13. The van der Waals surface area contributed by atoms with Gasteiger partial charge in [-0.05, 0) is 51.4 Å². The van der Waals surface area contributed by atoms with Crippen molar-refractivity contribution >= 4 is 5.91 Å². The van der Waals surface area contributed by atoms with Gasteiger partial charge in [-0.15, -0.1) is 0 Å². The standard InChI is InChI=1S/C57H101NO13/c1-3-5-7-9-11-13-15-17-19-21-22-23-25-26-28-30-32-34-36-38-40-46(61)45(58-49(62)41-39-37-35-33-31-29-27-24-20-18-16-14-12-10-8-6-4-2)44-68-56-54(67)52(65)55(48(43-60)70-56)71-57-53(66)51(64)50(63)47(42-59)69-57/h6,8,12,14,18,20,27,29,33,35,45-48,50-57,59-61,63-67H,3-5,7,9-11,13,15-17,19,21-26,28,30-32,34,36-44H2,1-2H3,(H,58,62)/b8-6-,14-12-,20-18-,29-27-,35-33-. The fourth-order valence-electron chi connectivity index (χ4n) is 8.98. The minimum atomic E-state index is -1.79. The Balaban J connectivity index is 1.81. The molecule has 12 unspecified atom stereocenters. The van der Waals surface area contributed by atoms with E-state index in [1.165, 1.54) is 103 Å². The number of ether oxygens (including phenoxy) is 4. The quantitative estimate of drug-likeness (QED) is 0.0206. The minimum absolute atomic E-state index is 0.224. The van der Waals surface area contributed by atoms with Gasteiger partial charge in [0.15, 0.2) is 12.6 Å². The Labute approximate surface area is 428 Å². The van der Waals surface area contributed by atoms with Crippen LogP contribution in [0.1, 0.15) is 200 Å². The summed E-state index contributed by atoms with van der Waals surface area (Å²) in [5, 5.41) is 87.1. The van der Waals surface area contributed by atoms with Gasteiger partial charge in [-0.3, -0.25) is 4.79 Å². The lowest BCUT2D eigenvalue weighted by molar-refractivity contribution is -0.359. The SMILES string of the molecule is CC/C=C\C/C=C\C/C=C\C/C=C\C/C=C\CCCC(=O)NC(COC1OC(CO)C(OC2OC(CO)C(O)C(O)C2O)C(O)C1O)C(O)CCCCCCCCCCCCCCCCCCCCCC. The van der Waals surface area contributed by atoms with Gasteiger partial charge in [0, 0.05) is 6.42 Å². The highest BCUT2D eigenvalue weighted by Gasteiger charge is 2.51. The monoisotopic (exact) mass is 1010 g/mol. The van der Waals surface area contributed by atoms with Crippen molar-refractivity contribution in [1.82, 2.24) is 5.32 Å². The number of carbonyl (C=O) groups is 1. The van der Waals surface area contributed by atoms with Crippen LogP contribution in [0.25, 0.3) is 0 Å². The Kier molecular flexibility index (Phi) is 39.2. The van der Waals surface area contributed by atoms with E-state index in [4.69, 9.17) is 18.9 Å². The van der Waals surface area contributed by atoms with Gasteiger partial charge in [0.05, 0.1) is 32.0 Å². The maximum atomic E-state index is 13.2. The largest absolute Gasteiger partial charge is 0.394 e. The van der Waals surface area contributed by atoms with Crippen molar-refractivity contribution < 1.29 is 64.6 Å². The highest BCUT2D eigenvalue weighted by molar-refractivity contribution is 5.76. The highest BCUT2D eigenvalue weighted by atomic mass is 16.7. The average Bonchev–Trinajstić information content (AvgIpc) is 3.37. The van der Waals surface area contributed by atoms with Crippen LogP contribution in [0.3, 0.4) is 0 Å². The second kappa shape index (κ2) is 43.0. The summed E-state index contributed by atoms with van der Waals surface area (Å²) in [5.41, 5.74) is 0. The highest BCUT2D eigenvalue weighted by Crippen LogP contribution is 2.30. The molecule has 2 heterocycles. The van der Waals surface area contributed by atoms with Gasteiger partial charge in [-0.1, -0.05) is 203 Å². The Bertz CT molecular complexity index is 1420. The maximum Gasteiger partial charge on any atom is 0.220 e. The van der Waals surface area contributed by atoms with Gasteiger partial charge < -0.3 is 65.1 Å². The Morgan fingerprint density at radius 1 is 0.521 bits per heavy atom. The lowest BCUT2D eigenvalue weighted by Crippen LogP contribution is -2.65. The lowest BCUT2D eigenvalue weighted by Gasteiger charge is -2.46. The van der Waals surface area contributed by atoms with Crippen LogP contribution in [0, 0.1) is 0 Å². The molecule has 2 aliphatic rings. The number of nitrogens with one attached hydrogen (secondary N) is 1.